The summed E-state index contributed by atoms with van der Waals surface area (Å²) in [6.45, 7) is 7.82. The van der Waals surface area contributed by atoms with Gasteiger partial charge in [0.05, 0.1) is 12.7 Å². The normalized spacial score (nSPS) is 20.6. The first-order valence-electron chi connectivity index (χ1n) is 7.25. The molecule has 3 nitrogen and oxygen atoms in total. The molecule has 0 saturated carbocycles. The van der Waals surface area contributed by atoms with Crippen LogP contribution in [0.1, 0.15) is 36.9 Å². The van der Waals surface area contributed by atoms with Gasteiger partial charge in [0, 0.05) is 19.3 Å². The van der Waals surface area contributed by atoms with Gasteiger partial charge in [0.25, 0.3) is 0 Å². The molecule has 0 aliphatic carbocycles. The maximum Gasteiger partial charge on any atom is 0.0830 e. The summed E-state index contributed by atoms with van der Waals surface area (Å²) in [5.74, 6) is 0. The Balaban J connectivity index is 1.61. The summed E-state index contributed by atoms with van der Waals surface area (Å²) in [4.78, 5) is 0. The Hall–Kier alpha value is -0.900. The third-order valence-electron chi connectivity index (χ3n) is 3.67. The van der Waals surface area contributed by atoms with Gasteiger partial charge in [-0.15, -0.1) is 0 Å². The highest BCUT2D eigenvalue weighted by Gasteiger charge is 2.15. The number of rotatable bonds is 7. The number of hydrogen-bond donors (Lipinski definition) is 1. The molecule has 1 N–H and O–H groups in total. The zero-order valence-electron chi connectivity index (χ0n) is 12.0. The minimum absolute atomic E-state index is 0.328. The van der Waals surface area contributed by atoms with Crippen LogP contribution in [-0.4, -0.2) is 32.5 Å². The number of benzene rings is 1. The summed E-state index contributed by atoms with van der Waals surface area (Å²) < 4.78 is 11.0. The largest absolute Gasteiger partial charge is 0.379 e. The lowest BCUT2D eigenvalue weighted by Gasteiger charge is -2.17. The van der Waals surface area contributed by atoms with Crippen LogP contribution in [0, 0.1) is 6.92 Å². The van der Waals surface area contributed by atoms with Crippen LogP contribution in [0.2, 0.25) is 0 Å². The smallest absolute Gasteiger partial charge is 0.0830 e. The van der Waals surface area contributed by atoms with Crippen molar-refractivity contribution < 1.29 is 9.47 Å². The second-order valence-electron chi connectivity index (χ2n) is 5.24. The molecule has 1 aromatic carbocycles. The van der Waals surface area contributed by atoms with E-state index in [2.05, 4.69) is 43.4 Å². The van der Waals surface area contributed by atoms with Crippen molar-refractivity contribution in [1.82, 2.24) is 5.32 Å². The Bertz CT molecular complexity index is 375. The summed E-state index contributed by atoms with van der Waals surface area (Å²) >= 11 is 0. The molecule has 19 heavy (non-hydrogen) atoms. The third kappa shape index (κ3) is 4.60. The molecule has 2 atom stereocenters. The molecule has 1 saturated heterocycles. The first kappa shape index (κ1) is 14.5. The molecule has 1 aromatic rings. The molecule has 1 aliphatic rings. The van der Waals surface area contributed by atoms with Crippen LogP contribution < -0.4 is 5.32 Å². The minimum atomic E-state index is 0.328. The van der Waals surface area contributed by atoms with Gasteiger partial charge in [0.2, 0.25) is 0 Å². The van der Waals surface area contributed by atoms with Gasteiger partial charge in [-0.1, -0.05) is 24.3 Å². The number of aryl methyl sites for hydroxylation is 1. The van der Waals surface area contributed by atoms with Gasteiger partial charge in [-0.3, -0.25) is 0 Å². The lowest BCUT2D eigenvalue weighted by Crippen LogP contribution is -2.22. The molecule has 0 radical (unpaired) electrons. The van der Waals surface area contributed by atoms with Crippen LogP contribution >= 0.6 is 0 Å². The number of nitrogens with one attached hydrogen (secondary N) is 1. The summed E-state index contributed by atoms with van der Waals surface area (Å²) in [5.41, 5.74) is 2.73. The van der Waals surface area contributed by atoms with Gasteiger partial charge in [-0.05, 0) is 44.4 Å². The van der Waals surface area contributed by atoms with Crippen LogP contribution in [0.25, 0.3) is 0 Å². The second kappa shape index (κ2) is 7.63. The van der Waals surface area contributed by atoms with Crippen molar-refractivity contribution in [3.63, 3.8) is 0 Å². The van der Waals surface area contributed by atoms with E-state index < -0.39 is 0 Å². The van der Waals surface area contributed by atoms with E-state index in [-0.39, 0.29) is 0 Å². The minimum Gasteiger partial charge on any atom is -0.379 e. The SMILES string of the molecule is Cc1ccccc1[C@@H](C)NCCCO[C@@H]1CCOC1. The second-order valence-corrected chi connectivity index (χ2v) is 5.24. The highest BCUT2D eigenvalue weighted by molar-refractivity contribution is 5.28. The Morgan fingerprint density at radius 2 is 2.26 bits per heavy atom. The fraction of sp³-hybridized carbons (Fsp3) is 0.625. The van der Waals surface area contributed by atoms with E-state index in [0.717, 1.165) is 39.2 Å². The van der Waals surface area contributed by atoms with E-state index in [0.29, 0.717) is 12.1 Å². The van der Waals surface area contributed by atoms with Gasteiger partial charge < -0.3 is 14.8 Å². The highest BCUT2D eigenvalue weighted by Crippen LogP contribution is 2.16. The third-order valence-corrected chi connectivity index (χ3v) is 3.67. The number of hydrogen-bond acceptors (Lipinski definition) is 3. The summed E-state index contributed by atoms with van der Waals surface area (Å²) in [7, 11) is 0. The Morgan fingerprint density at radius 1 is 1.42 bits per heavy atom. The molecular formula is C16H25NO2. The maximum atomic E-state index is 5.75. The zero-order valence-corrected chi connectivity index (χ0v) is 12.0. The Morgan fingerprint density at radius 3 is 3.00 bits per heavy atom. The molecule has 0 amide bonds. The Labute approximate surface area is 116 Å². The van der Waals surface area contributed by atoms with Crippen molar-refractivity contribution in [3.05, 3.63) is 35.4 Å². The van der Waals surface area contributed by atoms with Gasteiger partial charge in [0.15, 0.2) is 0 Å². The zero-order chi connectivity index (χ0) is 13.5. The predicted octanol–water partition coefficient (Wildman–Crippen LogP) is 2.84. The van der Waals surface area contributed by atoms with Crippen molar-refractivity contribution >= 4 is 0 Å². The van der Waals surface area contributed by atoms with Crippen LogP contribution in [0.3, 0.4) is 0 Å². The van der Waals surface area contributed by atoms with Gasteiger partial charge in [-0.2, -0.15) is 0 Å². The van der Waals surface area contributed by atoms with Crippen LogP contribution in [0.5, 0.6) is 0 Å². The molecule has 3 heteroatoms. The van der Waals surface area contributed by atoms with Crippen molar-refractivity contribution in [2.45, 2.75) is 38.8 Å². The van der Waals surface area contributed by atoms with E-state index in [1.165, 1.54) is 11.1 Å². The first-order chi connectivity index (χ1) is 9.27. The molecular weight excluding hydrogens is 238 g/mol. The molecule has 0 aromatic heterocycles. The van der Waals surface area contributed by atoms with E-state index in [9.17, 15) is 0 Å². The van der Waals surface area contributed by atoms with E-state index >= 15 is 0 Å². The van der Waals surface area contributed by atoms with Crippen molar-refractivity contribution in [3.8, 4) is 0 Å². The lowest BCUT2D eigenvalue weighted by molar-refractivity contribution is 0.0414. The molecule has 0 unspecified atom stereocenters. The van der Waals surface area contributed by atoms with E-state index in [1.807, 2.05) is 0 Å². The quantitative estimate of drug-likeness (QED) is 0.767. The summed E-state index contributed by atoms with van der Waals surface area (Å²) in [6, 6.07) is 8.94. The molecule has 1 heterocycles. The van der Waals surface area contributed by atoms with Crippen LogP contribution in [-0.2, 0) is 9.47 Å². The van der Waals surface area contributed by atoms with Crippen LogP contribution in [0.4, 0.5) is 0 Å². The van der Waals surface area contributed by atoms with E-state index in [4.69, 9.17) is 9.47 Å². The van der Waals surface area contributed by atoms with Gasteiger partial charge >= 0.3 is 0 Å². The molecule has 1 aliphatic heterocycles. The van der Waals surface area contributed by atoms with E-state index in [1.54, 1.807) is 0 Å². The summed E-state index contributed by atoms with van der Waals surface area (Å²) in [6.07, 6.45) is 2.42. The topological polar surface area (TPSA) is 30.5 Å². The van der Waals surface area contributed by atoms with Crippen LogP contribution in [0.15, 0.2) is 24.3 Å². The molecule has 106 valence electrons. The monoisotopic (exact) mass is 263 g/mol. The van der Waals surface area contributed by atoms with Crippen molar-refractivity contribution in [1.29, 1.82) is 0 Å². The maximum absolute atomic E-state index is 5.75. The molecule has 0 spiro atoms. The Kier molecular flexibility index (Phi) is 5.83. The average Bonchev–Trinajstić information content (AvgIpc) is 2.92. The first-order valence-corrected chi connectivity index (χ1v) is 7.25. The molecule has 2 rings (SSSR count). The van der Waals surface area contributed by atoms with Crippen molar-refractivity contribution in [2.75, 3.05) is 26.4 Å². The molecule has 0 bridgehead atoms. The number of ether oxygens (including phenoxy) is 2. The standard InChI is InChI=1S/C16H25NO2/c1-13-6-3-4-7-16(13)14(2)17-9-5-10-19-15-8-11-18-12-15/h3-4,6-7,14-15,17H,5,8-12H2,1-2H3/t14-,15-/m1/s1. The highest BCUT2D eigenvalue weighted by atomic mass is 16.5. The fourth-order valence-electron chi connectivity index (χ4n) is 2.47. The van der Waals surface area contributed by atoms with Gasteiger partial charge in [-0.25, -0.2) is 0 Å². The van der Waals surface area contributed by atoms with Crippen molar-refractivity contribution in [2.24, 2.45) is 0 Å². The lowest BCUT2D eigenvalue weighted by atomic mass is 10.0. The predicted molar refractivity (Wildman–Crippen MR) is 77.4 cm³/mol. The fourth-order valence-corrected chi connectivity index (χ4v) is 2.47. The summed E-state index contributed by atoms with van der Waals surface area (Å²) in [5, 5.41) is 3.55. The average molecular weight is 263 g/mol. The van der Waals surface area contributed by atoms with Gasteiger partial charge in [0.1, 0.15) is 0 Å². The molecule has 1 fully saturated rings.